The first-order chi connectivity index (χ1) is 9.65. The van der Waals surface area contributed by atoms with E-state index < -0.39 is 10.0 Å². The third-order valence-corrected chi connectivity index (χ3v) is 5.40. The second-order valence-corrected chi connectivity index (χ2v) is 6.92. The topological polar surface area (TPSA) is 76.7 Å². The average molecular weight is 298 g/mol. The van der Waals surface area contributed by atoms with Gasteiger partial charge in [0, 0.05) is 6.07 Å². The van der Waals surface area contributed by atoms with E-state index in [0.29, 0.717) is 43.2 Å². The summed E-state index contributed by atoms with van der Waals surface area (Å²) in [4.78, 5) is 0. The van der Waals surface area contributed by atoms with Gasteiger partial charge in [-0.05, 0) is 38.1 Å². The summed E-state index contributed by atoms with van der Waals surface area (Å²) in [7, 11) is -3.35. The molecule has 20 heavy (non-hydrogen) atoms. The van der Waals surface area contributed by atoms with Crippen LogP contribution in [0.4, 0.5) is 5.69 Å². The van der Waals surface area contributed by atoms with E-state index in [0.717, 1.165) is 13.1 Å². The van der Waals surface area contributed by atoms with Gasteiger partial charge in [0.15, 0.2) is 11.5 Å². The molecule has 2 aliphatic rings. The van der Waals surface area contributed by atoms with Crippen molar-refractivity contribution in [3.63, 3.8) is 0 Å². The highest BCUT2D eigenvalue weighted by atomic mass is 32.2. The van der Waals surface area contributed by atoms with Crippen molar-refractivity contribution in [1.29, 1.82) is 0 Å². The lowest BCUT2D eigenvalue weighted by Crippen LogP contribution is -2.38. The Morgan fingerprint density at radius 3 is 2.55 bits per heavy atom. The fourth-order valence-corrected chi connectivity index (χ4v) is 3.94. The van der Waals surface area contributed by atoms with Gasteiger partial charge in [-0.1, -0.05) is 0 Å². The first kappa shape index (κ1) is 13.5. The zero-order valence-electron chi connectivity index (χ0n) is 11.1. The van der Waals surface area contributed by atoms with Gasteiger partial charge in [-0.15, -0.1) is 0 Å². The van der Waals surface area contributed by atoms with Crippen LogP contribution in [-0.4, -0.2) is 40.0 Å². The minimum absolute atomic E-state index is 0.336. The van der Waals surface area contributed by atoms with Gasteiger partial charge in [-0.2, -0.15) is 0 Å². The number of rotatable bonds is 3. The summed E-state index contributed by atoms with van der Waals surface area (Å²) in [5, 5.41) is 2.83. The first-order valence-electron chi connectivity index (χ1n) is 6.77. The molecule has 0 bridgehead atoms. The van der Waals surface area contributed by atoms with Crippen molar-refractivity contribution in [2.75, 3.05) is 31.0 Å². The van der Waals surface area contributed by atoms with Crippen molar-refractivity contribution < 1.29 is 17.9 Å². The smallest absolute Gasteiger partial charge is 0.235 e. The molecule has 1 saturated heterocycles. The number of ether oxygens (including phenoxy) is 2. The van der Waals surface area contributed by atoms with Crippen LogP contribution in [0.25, 0.3) is 0 Å². The monoisotopic (exact) mass is 298 g/mol. The van der Waals surface area contributed by atoms with Crippen LogP contribution in [0.2, 0.25) is 0 Å². The molecule has 0 amide bonds. The second kappa shape index (κ2) is 5.49. The Kier molecular flexibility index (Phi) is 3.71. The standard InChI is InChI=1S/C13H18N2O4S/c16-20(17,11-3-5-14-6-4-11)15-10-1-2-12-13(9-10)19-8-7-18-12/h1-2,9,11,14-15H,3-8H2. The van der Waals surface area contributed by atoms with Crippen LogP contribution in [0, 0.1) is 0 Å². The van der Waals surface area contributed by atoms with E-state index in [-0.39, 0.29) is 5.25 Å². The lowest BCUT2D eigenvalue weighted by atomic mass is 10.2. The van der Waals surface area contributed by atoms with Gasteiger partial charge in [0.05, 0.1) is 10.9 Å². The van der Waals surface area contributed by atoms with Gasteiger partial charge in [0.1, 0.15) is 13.2 Å². The molecule has 3 rings (SSSR count). The number of fused-ring (bicyclic) bond motifs is 1. The Morgan fingerprint density at radius 1 is 1.10 bits per heavy atom. The van der Waals surface area contributed by atoms with Crippen molar-refractivity contribution in [1.82, 2.24) is 5.32 Å². The van der Waals surface area contributed by atoms with E-state index in [4.69, 9.17) is 9.47 Å². The molecule has 0 spiro atoms. The SMILES string of the molecule is O=S(=O)(Nc1ccc2c(c1)OCCO2)C1CCNCC1. The van der Waals surface area contributed by atoms with Gasteiger partial charge in [-0.25, -0.2) is 8.42 Å². The molecule has 0 aliphatic carbocycles. The summed E-state index contributed by atoms with van der Waals surface area (Å²) in [5.41, 5.74) is 0.521. The molecule has 0 unspecified atom stereocenters. The van der Waals surface area contributed by atoms with E-state index in [2.05, 4.69) is 10.0 Å². The molecule has 0 atom stereocenters. The van der Waals surface area contributed by atoms with E-state index in [1.54, 1.807) is 18.2 Å². The van der Waals surface area contributed by atoms with Crippen LogP contribution in [0.3, 0.4) is 0 Å². The van der Waals surface area contributed by atoms with Crippen LogP contribution < -0.4 is 19.5 Å². The van der Waals surface area contributed by atoms with Gasteiger partial charge in [0.25, 0.3) is 0 Å². The maximum atomic E-state index is 12.3. The number of sulfonamides is 1. The first-order valence-corrected chi connectivity index (χ1v) is 8.32. The van der Waals surface area contributed by atoms with Crippen molar-refractivity contribution in [2.45, 2.75) is 18.1 Å². The number of benzene rings is 1. The fraction of sp³-hybridized carbons (Fsp3) is 0.538. The lowest BCUT2D eigenvalue weighted by molar-refractivity contribution is 0.171. The highest BCUT2D eigenvalue weighted by Crippen LogP contribution is 2.33. The minimum Gasteiger partial charge on any atom is -0.486 e. The largest absolute Gasteiger partial charge is 0.486 e. The molecule has 0 radical (unpaired) electrons. The zero-order valence-corrected chi connectivity index (χ0v) is 11.9. The normalized spacial score (nSPS) is 19.6. The van der Waals surface area contributed by atoms with Crippen molar-refractivity contribution in [3.05, 3.63) is 18.2 Å². The third-order valence-electron chi connectivity index (χ3n) is 3.53. The predicted molar refractivity (Wildman–Crippen MR) is 75.9 cm³/mol. The molecule has 6 nitrogen and oxygen atoms in total. The zero-order chi connectivity index (χ0) is 14.0. The predicted octanol–water partition coefficient (Wildman–Crippen LogP) is 0.951. The summed E-state index contributed by atoms with van der Waals surface area (Å²) in [5.74, 6) is 1.24. The number of nitrogens with one attached hydrogen (secondary N) is 2. The molecule has 110 valence electrons. The Hall–Kier alpha value is -1.47. The molecule has 2 heterocycles. The highest BCUT2D eigenvalue weighted by Gasteiger charge is 2.27. The van der Waals surface area contributed by atoms with E-state index in [1.165, 1.54) is 0 Å². The number of hydrogen-bond acceptors (Lipinski definition) is 5. The van der Waals surface area contributed by atoms with E-state index in [1.807, 2.05) is 0 Å². The molecule has 2 N–H and O–H groups in total. The molecule has 1 aromatic rings. The van der Waals surface area contributed by atoms with Gasteiger partial charge in [0.2, 0.25) is 10.0 Å². The summed E-state index contributed by atoms with van der Waals surface area (Å²) < 4.78 is 38.1. The number of piperidine rings is 1. The van der Waals surface area contributed by atoms with Gasteiger partial charge < -0.3 is 14.8 Å². The highest BCUT2D eigenvalue weighted by molar-refractivity contribution is 7.93. The van der Waals surface area contributed by atoms with Crippen molar-refractivity contribution in [2.24, 2.45) is 0 Å². The molecule has 1 aromatic carbocycles. The van der Waals surface area contributed by atoms with E-state index in [9.17, 15) is 8.42 Å². The Balaban J connectivity index is 1.76. The molecule has 2 aliphatic heterocycles. The summed E-state index contributed by atoms with van der Waals surface area (Å²) >= 11 is 0. The van der Waals surface area contributed by atoms with Gasteiger partial charge in [-0.3, -0.25) is 4.72 Å². The summed E-state index contributed by atoms with van der Waals surface area (Å²) in [6, 6.07) is 5.11. The summed E-state index contributed by atoms with van der Waals surface area (Å²) in [6.45, 7) is 2.49. The number of anilines is 1. The number of hydrogen-bond donors (Lipinski definition) is 2. The second-order valence-electron chi connectivity index (χ2n) is 4.95. The van der Waals surface area contributed by atoms with E-state index >= 15 is 0 Å². The maximum absolute atomic E-state index is 12.3. The maximum Gasteiger partial charge on any atom is 0.235 e. The molecular weight excluding hydrogens is 280 g/mol. The van der Waals surface area contributed by atoms with Crippen molar-refractivity contribution in [3.8, 4) is 11.5 Å². The van der Waals surface area contributed by atoms with Crippen LogP contribution in [0.15, 0.2) is 18.2 Å². The van der Waals surface area contributed by atoms with Crippen LogP contribution in [0.5, 0.6) is 11.5 Å². The van der Waals surface area contributed by atoms with Gasteiger partial charge >= 0.3 is 0 Å². The Bertz CT molecular complexity index is 582. The fourth-order valence-electron chi connectivity index (χ4n) is 2.46. The molecule has 0 saturated carbocycles. The van der Waals surface area contributed by atoms with Crippen LogP contribution in [-0.2, 0) is 10.0 Å². The van der Waals surface area contributed by atoms with Crippen LogP contribution in [0.1, 0.15) is 12.8 Å². The molecular formula is C13H18N2O4S. The Morgan fingerprint density at radius 2 is 1.80 bits per heavy atom. The minimum atomic E-state index is -3.35. The molecule has 0 aromatic heterocycles. The lowest BCUT2D eigenvalue weighted by Gasteiger charge is -2.24. The van der Waals surface area contributed by atoms with Crippen LogP contribution >= 0.6 is 0 Å². The Labute approximate surface area is 118 Å². The molecule has 7 heteroatoms. The average Bonchev–Trinajstić information content (AvgIpc) is 2.48. The molecule has 1 fully saturated rings. The third kappa shape index (κ3) is 2.83. The van der Waals surface area contributed by atoms with Crippen molar-refractivity contribution >= 4 is 15.7 Å². The quantitative estimate of drug-likeness (QED) is 0.869. The summed E-state index contributed by atoms with van der Waals surface area (Å²) in [6.07, 6.45) is 1.28.